The molecule has 0 aromatic heterocycles. The zero-order valence-electron chi connectivity index (χ0n) is 11.4. The van der Waals surface area contributed by atoms with Crippen LogP contribution >= 0.6 is 0 Å². The number of benzene rings is 1. The summed E-state index contributed by atoms with van der Waals surface area (Å²) < 4.78 is 39.2. The molecule has 19 heavy (non-hydrogen) atoms. The van der Waals surface area contributed by atoms with Gasteiger partial charge in [-0.15, -0.1) is 0 Å². The van der Waals surface area contributed by atoms with Crippen LogP contribution in [0.15, 0.2) is 24.3 Å². The van der Waals surface area contributed by atoms with Crippen molar-refractivity contribution >= 4 is 5.69 Å². The lowest BCUT2D eigenvalue weighted by Crippen LogP contribution is -2.39. The Bertz CT molecular complexity index is 387. The minimum atomic E-state index is -4.34. The Morgan fingerprint density at radius 3 is 2.21 bits per heavy atom. The molecule has 5 heteroatoms. The maximum absolute atomic E-state index is 13.1. The number of para-hydroxylation sites is 1. The highest BCUT2D eigenvalue weighted by Gasteiger charge is 2.35. The van der Waals surface area contributed by atoms with E-state index in [9.17, 15) is 13.2 Å². The molecule has 0 unspecified atom stereocenters. The minimum Gasteiger partial charge on any atom is -0.367 e. The monoisotopic (exact) mass is 274 g/mol. The zero-order chi connectivity index (χ0) is 14.5. The van der Waals surface area contributed by atoms with Crippen molar-refractivity contribution in [3.8, 4) is 0 Å². The number of anilines is 1. The highest BCUT2D eigenvalue weighted by Crippen LogP contribution is 2.37. The predicted octanol–water partition coefficient (Wildman–Crippen LogP) is 3.66. The lowest BCUT2D eigenvalue weighted by atomic mass is 10.1. The maximum Gasteiger partial charge on any atom is 0.418 e. The van der Waals surface area contributed by atoms with Crippen LogP contribution in [0.4, 0.5) is 18.9 Å². The summed E-state index contributed by atoms with van der Waals surface area (Å²) in [6.07, 6.45) is -2.75. The second-order valence-electron chi connectivity index (χ2n) is 4.47. The molecule has 0 saturated carbocycles. The van der Waals surface area contributed by atoms with Gasteiger partial charge in [0, 0.05) is 24.8 Å². The fourth-order valence-corrected chi connectivity index (χ4v) is 2.33. The molecule has 0 aliphatic heterocycles. The molecule has 0 saturated heterocycles. The van der Waals surface area contributed by atoms with E-state index in [2.05, 4.69) is 0 Å². The second kappa shape index (κ2) is 6.80. The van der Waals surface area contributed by atoms with Gasteiger partial charge in [0.2, 0.25) is 0 Å². The van der Waals surface area contributed by atoms with E-state index in [1.807, 2.05) is 13.8 Å². The molecule has 2 N–H and O–H groups in total. The van der Waals surface area contributed by atoms with Gasteiger partial charge in [-0.05, 0) is 25.0 Å². The van der Waals surface area contributed by atoms with Gasteiger partial charge in [0.1, 0.15) is 0 Å². The van der Waals surface area contributed by atoms with Crippen LogP contribution in [-0.2, 0) is 6.18 Å². The summed E-state index contributed by atoms with van der Waals surface area (Å²) in [6, 6.07) is 5.78. The van der Waals surface area contributed by atoms with E-state index in [1.165, 1.54) is 12.1 Å². The topological polar surface area (TPSA) is 29.3 Å². The molecule has 2 nitrogen and oxygen atoms in total. The van der Waals surface area contributed by atoms with Gasteiger partial charge in [-0.1, -0.05) is 26.0 Å². The average Bonchev–Trinajstić information content (AvgIpc) is 2.38. The number of alkyl halides is 3. The number of hydrogen-bond donors (Lipinski definition) is 1. The molecule has 1 aromatic carbocycles. The van der Waals surface area contributed by atoms with Crippen LogP contribution < -0.4 is 10.6 Å². The van der Waals surface area contributed by atoms with E-state index in [0.717, 1.165) is 18.9 Å². The summed E-state index contributed by atoms with van der Waals surface area (Å²) in [6.45, 7) is 4.73. The van der Waals surface area contributed by atoms with Crippen molar-refractivity contribution in [1.29, 1.82) is 0 Å². The molecule has 0 spiro atoms. The maximum atomic E-state index is 13.1. The van der Waals surface area contributed by atoms with Gasteiger partial charge in [0.25, 0.3) is 0 Å². The number of rotatable bonds is 6. The third-order valence-corrected chi connectivity index (χ3v) is 3.27. The van der Waals surface area contributed by atoms with E-state index in [1.54, 1.807) is 11.0 Å². The highest BCUT2D eigenvalue weighted by atomic mass is 19.4. The molecular formula is C14H21F3N2. The molecular weight excluding hydrogens is 253 g/mol. The summed E-state index contributed by atoms with van der Waals surface area (Å²) in [4.78, 5) is 1.78. The van der Waals surface area contributed by atoms with E-state index >= 15 is 0 Å². The molecule has 1 rings (SSSR count). The first kappa shape index (κ1) is 15.8. The van der Waals surface area contributed by atoms with Gasteiger partial charge in [-0.25, -0.2) is 0 Å². The fourth-order valence-electron chi connectivity index (χ4n) is 2.33. The van der Waals surface area contributed by atoms with Crippen LogP contribution in [0.3, 0.4) is 0 Å². The van der Waals surface area contributed by atoms with Crippen LogP contribution in [0, 0.1) is 0 Å². The standard InChI is InChI=1S/C14H21F3N2/c1-3-11(4-2)19(10-9-18)13-8-6-5-7-12(13)14(15,16)17/h5-8,11H,3-4,9-10,18H2,1-2H3. The summed E-state index contributed by atoms with van der Waals surface area (Å²) >= 11 is 0. The summed E-state index contributed by atoms with van der Waals surface area (Å²) in [5.41, 5.74) is 5.19. The van der Waals surface area contributed by atoms with E-state index in [0.29, 0.717) is 13.1 Å². The largest absolute Gasteiger partial charge is 0.418 e. The van der Waals surface area contributed by atoms with Gasteiger partial charge in [-0.3, -0.25) is 0 Å². The van der Waals surface area contributed by atoms with Gasteiger partial charge < -0.3 is 10.6 Å². The Hall–Kier alpha value is -1.23. The molecule has 0 aliphatic rings. The van der Waals surface area contributed by atoms with E-state index in [4.69, 9.17) is 5.73 Å². The normalized spacial score (nSPS) is 11.9. The Balaban J connectivity index is 3.22. The van der Waals surface area contributed by atoms with Crippen molar-refractivity contribution in [3.63, 3.8) is 0 Å². The van der Waals surface area contributed by atoms with Crippen LogP contribution in [0.1, 0.15) is 32.3 Å². The molecule has 0 radical (unpaired) electrons. The summed E-state index contributed by atoms with van der Waals surface area (Å²) in [5, 5.41) is 0. The molecule has 0 bridgehead atoms. The number of halogens is 3. The fraction of sp³-hybridized carbons (Fsp3) is 0.571. The highest BCUT2D eigenvalue weighted by molar-refractivity contribution is 5.55. The molecule has 0 fully saturated rings. The molecule has 0 aliphatic carbocycles. The van der Waals surface area contributed by atoms with Crippen molar-refractivity contribution in [2.24, 2.45) is 5.73 Å². The molecule has 0 amide bonds. The first-order valence-electron chi connectivity index (χ1n) is 6.58. The third-order valence-electron chi connectivity index (χ3n) is 3.27. The van der Waals surface area contributed by atoms with Gasteiger partial charge in [0.15, 0.2) is 0 Å². The molecule has 108 valence electrons. The Morgan fingerprint density at radius 1 is 1.16 bits per heavy atom. The third kappa shape index (κ3) is 3.86. The lowest BCUT2D eigenvalue weighted by molar-refractivity contribution is -0.137. The second-order valence-corrected chi connectivity index (χ2v) is 4.47. The summed E-state index contributed by atoms with van der Waals surface area (Å²) in [5.74, 6) is 0. The first-order chi connectivity index (χ1) is 8.95. The molecule has 1 aromatic rings. The Labute approximate surface area is 112 Å². The lowest BCUT2D eigenvalue weighted by Gasteiger charge is -2.34. The SMILES string of the molecule is CCC(CC)N(CCN)c1ccccc1C(F)(F)F. The summed E-state index contributed by atoms with van der Waals surface area (Å²) in [7, 11) is 0. The predicted molar refractivity (Wildman–Crippen MR) is 72.2 cm³/mol. The van der Waals surface area contributed by atoms with Crippen molar-refractivity contribution in [2.75, 3.05) is 18.0 Å². The van der Waals surface area contributed by atoms with Crippen molar-refractivity contribution in [2.45, 2.75) is 38.9 Å². The quantitative estimate of drug-likeness (QED) is 0.857. The average molecular weight is 274 g/mol. The number of nitrogens with two attached hydrogens (primary N) is 1. The van der Waals surface area contributed by atoms with Gasteiger partial charge in [0.05, 0.1) is 5.56 Å². The Morgan fingerprint density at radius 2 is 1.74 bits per heavy atom. The smallest absolute Gasteiger partial charge is 0.367 e. The van der Waals surface area contributed by atoms with Gasteiger partial charge in [-0.2, -0.15) is 13.2 Å². The Kier molecular flexibility index (Phi) is 5.66. The van der Waals surface area contributed by atoms with Gasteiger partial charge >= 0.3 is 6.18 Å². The first-order valence-corrected chi connectivity index (χ1v) is 6.58. The number of hydrogen-bond acceptors (Lipinski definition) is 2. The minimum absolute atomic E-state index is 0.0760. The van der Waals surface area contributed by atoms with Crippen LogP contribution in [0.25, 0.3) is 0 Å². The molecule has 0 heterocycles. The number of nitrogens with zero attached hydrogens (tertiary/aromatic N) is 1. The van der Waals surface area contributed by atoms with Crippen LogP contribution in [0.2, 0.25) is 0 Å². The van der Waals surface area contributed by atoms with E-state index in [-0.39, 0.29) is 11.7 Å². The van der Waals surface area contributed by atoms with Crippen molar-refractivity contribution in [3.05, 3.63) is 29.8 Å². The van der Waals surface area contributed by atoms with Crippen molar-refractivity contribution in [1.82, 2.24) is 0 Å². The molecule has 0 atom stereocenters. The zero-order valence-corrected chi connectivity index (χ0v) is 11.4. The van der Waals surface area contributed by atoms with Crippen LogP contribution in [-0.4, -0.2) is 19.1 Å². The van der Waals surface area contributed by atoms with Crippen molar-refractivity contribution < 1.29 is 13.2 Å². The van der Waals surface area contributed by atoms with Crippen LogP contribution in [0.5, 0.6) is 0 Å². The van der Waals surface area contributed by atoms with E-state index < -0.39 is 11.7 Å².